The molecule has 0 saturated heterocycles. The fraction of sp³-hybridized carbons (Fsp3) is 0.600. The molecule has 2 N–H and O–H groups in total. The molecular formula is C5H11NS. The van der Waals surface area contributed by atoms with Crippen molar-refractivity contribution in [2.75, 3.05) is 6.54 Å². The van der Waals surface area contributed by atoms with Gasteiger partial charge < -0.3 is 5.73 Å². The largest absolute Gasteiger partial charge is 0.326 e. The molecule has 1 nitrogen and oxygen atoms in total. The van der Waals surface area contributed by atoms with E-state index in [-0.39, 0.29) is 0 Å². The Kier molecular flexibility index (Phi) is 4.25. The molecule has 0 bridgehead atoms. The highest BCUT2D eigenvalue weighted by Crippen LogP contribution is 1.96. The molecule has 0 amide bonds. The average molecular weight is 117 g/mol. The zero-order valence-corrected chi connectivity index (χ0v) is 5.41. The third-order valence-electron chi connectivity index (χ3n) is 0.649. The Bertz CT molecular complexity index is 68.5. The Balaban J connectivity index is 3.29. The summed E-state index contributed by atoms with van der Waals surface area (Å²) in [5.41, 5.74) is 5.21. The van der Waals surface area contributed by atoms with Crippen molar-refractivity contribution in [3.05, 3.63) is 11.0 Å². The Morgan fingerprint density at radius 2 is 2.43 bits per heavy atom. The van der Waals surface area contributed by atoms with Crippen LogP contribution in [0.15, 0.2) is 11.0 Å². The summed E-state index contributed by atoms with van der Waals surface area (Å²) in [5, 5.41) is 0. The van der Waals surface area contributed by atoms with Gasteiger partial charge in [-0.25, -0.2) is 0 Å². The zero-order valence-electron chi connectivity index (χ0n) is 4.52. The van der Waals surface area contributed by atoms with Crippen LogP contribution < -0.4 is 5.73 Å². The van der Waals surface area contributed by atoms with E-state index in [1.54, 1.807) is 0 Å². The van der Waals surface area contributed by atoms with E-state index >= 15 is 0 Å². The van der Waals surface area contributed by atoms with Crippen LogP contribution in [0, 0.1) is 0 Å². The van der Waals surface area contributed by atoms with Gasteiger partial charge in [0.15, 0.2) is 0 Å². The first-order valence-corrected chi connectivity index (χ1v) is 2.84. The minimum Gasteiger partial charge on any atom is -0.326 e. The van der Waals surface area contributed by atoms with E-state index in [9.17, 15) is 0 Å². The highest BCUT2D eigenvalue weighted by atomic mass is 32.1. The highest BCUT2D eigenvalue weighted by Gasteiger charge is 1.78. The number of allylic oxidation sites excluding steroid dienone is 1. The van der Waals surface area contributed by atoms with Crippen LogP contribution in [-0.4, -0.2) is 6.54 Å². The maximum Gasteiger partial charge on any atom is 0.0233 e. The predicted octanol–water partition coefficient (Wildman–Crippen LogP) is 1.17. The number of rotatable bonds is 2. The molecule has 0 aliphatic rings. The maximum atomic E-state index is 5.21. The molecule has 0 saturated carbocycles. The van der Waals surface area contributed by atoms with Crippen molar-refractivity contribution < 1.29 is 0 Å². The molecule has 42 valence electrons. The van der Waals surface area contributed by atoms with Crippen LogP contribution in [-0.2, 0) is 0 Å². The molecule has 0 heterocycles. The molecule has 0 aromatic carbocycles. The predicted molar refractivity (Wildman–Crippen MR) is 36.4 cm³/mol. The van der Waals surface area contributed by atoms with Gasteiger partial charge in [-0.1, -0.05) is 13.0 Å². The summed E-state index contributed by atoms with van der Waals surface area (Å²) in [5.74, 6) is 0. The number of nitrogens with two attached hydrogens (primary N) is 1. The number of hydrogen-bond donors (Lipinski definition) is 2. The zero-order chi connectivity index (χ0) is 5.70. The van der Waals surface area contributed by atoms with Crippen LogP contribution in [0.5, 0.6) is 0 Å². The molecule has 0 atom stereocenters. The molecule has 7 heavy (non-hydrogen) atoms. The van der Waals surface area contributed by atoms with Crippen molar-refractivity contribution in [3.63, 3.8) is 0 Å². The van der Waals surface area contributed by atoms with E-state index in [0.717, 1.165) is 11.3 Å². The Hall–Kier alpha value is 0.0500. The van der Waals surface area contributed by atoms with E-state index in [2.05, 4.69) is 19.6 Å². The lowest BCUT2D eigenvalue weighted by Crippen LogP contribution is -1.97. The fourth-order valence-electron chi connectivity index (χ4n) is 0.319. The van der Waals surface area contributed by atoms with Crippen LogP contribution in [0.3, 0.4) is 0 Å². The highest BCUT2D eigenvalue weighted by molar-refractivity contribution is 7.84. The molecule has 0 aromatic heterocycles. The van der Waals surface area contributed by atoms with Crippen LogP contribution in [0.2, 0.25) is 0 Å². The molecule has 0 unspecified atom stereocenters. The number of thiol groups is 1. The second-order valence-corrected chi connectivity index (χ2v) is 1.88. The minimum absolute atomic E-state index is 0.566. The second-order valence-electron chi connectivity index (χ2n) is 1.31. The van der Waals surface area contributed by atoms with Gasteiger partial charge in [-0.05, 0) is 11.3 Å². The third-order valence-corrected chi connectivity index (χ3v) is 1.01. The maximum absolute atomic E-state index is 5.21. The van der Waals surface area contributed by atoms with Gasteiger partial charge >= 0.3 is 0 Å². The summed E-state index contributed by atoms with van der Waals surface area (Å²) in [6, 6.07) is 0. The molecule has 0 radical (unpaired) electrons. The Morgan fingerprint density at radius 1 is 1.86 bits per heavy atom. The van der Waals surface area contributed by atoms with Gasteiger partial charge in [0, 0.05) is 6.54 Å². The summed E-state index contributed by atoms with van der Waals surface area (Å²) in [6.45, 7) is 2.63. The molecule has 0 aliphatic heterocycles. The second kappa shape index (κ2) is 4.22. The average Bonchev–Trinajstić information content (AvgIpc) is 1.68. The summed E-state index contributed by atoms with van der Waals surface area (Å²) in [4.78, 5) is 0.975. The molecule has 0 spiro atoms. The monoisotopic (exact) mass is 117 g/mol. The van der Waals surface area contributed by atoms with Crippen molar-refractivity contribution in [2.24, 2.45) is 5.73 Å². The normalized spacial score (nSPS) is 12.1. The lowest BCUT2D eigenvalue weighted by Gasteiger charge is -1.87. The Morgan fingerprint density at radius 3 is 2.57 bits per heavy atom. The first-order valence-electron chi connectivity index (χ1n) is 2.39. The van der Waals surface area contributed by atoms with E-state index < -0.39 is 0 Å². The van der Waals surface area contributed by atoms with Crippen molar-refractivity contribution in [1.29, 1.82) is 0 Å². The van der Waals surface area contributed by atoms with Crippen molar-refractivity contribution in [3.8, 4) is 0 Å². The molecule has 0 aliphatic carbocycles. The first kappa shape index (κ1) is 7.05. The van der Waals surface area contributed by atoms with Crippen LogP contribution in [0.1, 0.15) is 13.3 Å². The van der Waals surface area contributed by atoms with E-state index in [1.807, 2.05) is 6.08 Å². The topological polar surface area (TPSA) is 26.0 Å². The van der Waals surface area contributed by atoms with Crippen molar-refractivity contribution >= 4 is 12.6 Å². The molecular weight excluding hydrogens is 106 g/mol. The van der Waals surface area contributed by atoms with E-state index in [1.165, 1.54) is 0 Å². The van der Waals surface area contributed by atoms with E-state index in [0.29, 0.717) is 6.54 Å². The van der Waals surface area contributed by atoms with Gasteiger partial charge in [-0.3, -0.25) is 0 Å². The van der Waals surface area contributed by atoms with Crippen molar-refractivity contribution in [1.82, 2.24) is 0 Å². The SMILES string of the molecule is CCC=C(S)CN. The molecule has 0 rings (SSSR count). The van der Waals surface area contributed by atoms with Gasteiger partial charge in [0.1, 0.15) is 0 Å². The molecule has 0 aromatic rings. The lowest BCUT2D eigenvalue weighted by molar-refractivity contribution is 1.16. The van der Waals surface area contributed by atoms with Crippen molar-refractivity contribution in [2.45, 2.75) is 13.3 Å². The molecule has 2 heteroatoms. The number of hydrogen-bond acceptors (Lipinski definition) is 2. The smallest absolute Gasteiger partial charge is 0.0233 e. The molecule has 0 fully saturated rings. The summed E-state index contributed by atoms with van der Waals surface area (Å²) in [7, 11) is 0. The van der Waals surface area contributed by atoms with Gasteiger partial charge in [0.2, 0.25) is 0 Å². The van der Waals surface area contributed by atoms with Crippen LogP contribution in [0.4, 0.5) is 0 Å². The Labute approximate surface area is 50.0 Å². The van der Waals surface area contributed by atoms with Gasteiger partial charge in [0.05, 0.1) is 0 Å². The van der Waals surface area contributed by atoms with Crippen LogP contribution >= 0.6 is 12.6 Å². The fourth-order valence-corrected chi connectivity index (χ4v) is 0.502. The third kappa shape index (κ3) is 3.89. The quantitative estimate of drug-likeness (QED) is 0.522. The summed E-state index contributed by atoms with van der Waals surface area (Å²) in [6.07, 6.45) is 3.03. The lowest BCUT2D eigenvalue weighted by atomic mass is 10.4. The first-order chi connectivity index (χ1) is 3.31. The van der Waals surface area contributed by atoms with Gasteiger partial charge in [0.25, 0.3) is 0 Å². The standard InChI is InChI=1S/C5H11NS/c1-2-3-5(7)4-6/h3,7H,2,4,6H2,1H3. The van der Waals surface area contributed by atoms with Gasteiger partial charge in [-0.15, -0.1) is 12.6 Å². The summed E-state index contributed by atoms with van der Waals surface area (Å²) >= 11 is 4.05. The summed E-state index contributed by atoms with van der Waals surface area (Å²) < 4.78 is 0. The van der Waals surface area contributed by atoms with E-state index in [4.69, 9.17) is 5.73 Å². The minimum atomic E-state index is 0.566. The van der Waals surface area contributed by atoms with Crippen LogP contribution in [0.25, 0.3) is 0 Å². The van der Waals surface area contributed by atoms with Gasteiger partial charge in [-0.2, -0.15) is 0 Å².